The van der Waals surface area contributed by atoms with Gasteiger partial charge in [0, 0.05) is 61.2 Å². The summed E-state index contributed by atoms with van der Waals surface area (Å²) in [6.45, 7) is 8.56. The van der Waals surface area contributed by atoms with E-state index in [2.05, 4.69) is 65.3 Å². The van der Waals surface area contributed by atoms with E-state index in [1.165, 1.54) is 18.5 Å². The van der Waals surface area contributed by atoms with E-state index in [-0.39, 0.29) is 11.6 Å². The third-order valence-electron chi connectivity index (χ3n) is 6.33. The number of fused-ring (bicyclic) bond motifs is 1. The molecule has 7 heteroatoms. The summed E-state index contributed by atoms with van der Waals surface area (Å²) in [7, 11) is 2.17. The van der Waals surface area contributed by atoms with Gasteiger partial charge in [0.25, 0.3) is 5.56 Å². The number of likely N-dealkylation sites (N-methyl/N-ethyl adjacent to an activating group) is 1. The molecule has 3 aromatic rings. The molecule has 2 aromatic heterocycles. The molecule has 7 nitrogen and oxygen atoms in total. The van der Waals surface area contributed by atoms with E-state index >= 15 is 0 Å². The van der Waals surface area contributed by atoms with E-state index in [4.69, 9.17) is 4.98 Å². The molecule has 1 N–H and O–H groups in total. The molecule has 0 bridgehead atoms. The molecule has 1 saturated heterocycles. The minimum absolute atomic E-state index is 0.0114. The number of hydrogen-bond donors (Lipinski definition) is 1. The first-order valence-corrected chi connectivity index (χ1v) is 11.7. The molecule has 1 aliphatic heterocycles. The summed E-state index contributed by atoms with van der Waals surface area (Å²) in [5.41, 5.74) is 2.84. The first-order valence-electron chi connectivity index (χ1n) is 11.7. The lowest BCUT2D eigenvalue weighted by atomic mass is 10.1. The highest BCUT2D eigenvalue weighted by atomic mass is 16.1. The fourth-order valence-electron chi connectivity index (χ4n) is 4.29. The normalized spacial score (nSPS) is 15.8. The van der Waals surface area contributed by atoms with Gasteiger partial charge in [-0.15, -0.1) is 0 Å². The molecule has 1 fully saturated rings. The number of pyridine rings is 1. The molecule has 32 heavy (non-hydrogen) atoms. The van der Waals surface area contributed by atoms with E-state index in [1.54, 1.807) is 12.3 Å². The van der Waals surface area contributed by atoms with Crippen LogP contribution < -0.4 is 15.8 Å². The van der Waals surface area contributed by atoms with Gasteiger partial charge < -0.3 is 15.1 Å². The Morgan fingerprint density at radius 1 is 1.03 bits per heavy atom. The maximum Gasteiger partial charge on any atom is 0.252 e. The Morgan fingerprint density at radius 2 is 1.78 bits per heavy atom. The predicted octanol–water partition coefficient (Wildman–Crippen LogP) is 4.43. The van der Waals surface area contributed by atoms with Crippen LogP contribution in [-0.4, -0.2) is 52.7 Å². The van der Waals surface area contributed by atoms with E-state index in [0.29, 0.717) is 11.6 Å². The zero-order valence-electron chi connectivity index (χ0n) is 19.4. The Balaban J connectivity index is 1.53. The topological polar surface area (TPSA) is 66.3 Å². The van der Waals surface area contributed by atoms with Crippen molar-refractivity contribution in [1.82, 2.24) is 19.4 Å². The highest BCUT2D eigenvalue weighted by molar-refractivity contribution is 5.76. The third-order valence-corrected chi connectivity index (χ3v) is 6.33. The van der Waals surface area contributed by atoms with Crippen LogP contribution in [0.3, 0.4) is 0 Å². The van der Waals surface area contributed by atoms with Crippen molar-refractivity contribution >= 4 is 28.4 Å². The molecule has 1 unspecified atom stereocenters. The molecular formula is C25H34N6O. The largest absolute Gasteiger partial charge is 0.369 e. The lowest BCUT2D eigenvalue weighted by Gasteiger charge is -2.34. The third kappa shape index (κ3) is 5.10. The summed E-state index contributed by atoms with van der Waals surface area (Å²) < 4.78 is 1.81. The van der Waals surface area contributed by atoms with Gasteiger partial charge in [-0.3, -0.25) is 9.36 Å². The van der Waals surface area contributed by atoms with Gasteiger partial charge in [0.15, 0.2) is 0 Å². The fraction of sp³-hybridized carbons (Fsp3) is 0.480. The SMILES string of the molecule is CCCCCC(C)n1c(=O)ccc2cnc(Nc3ccc(N4CCN(C)CC4)cc3)nc21. The summed E-state index contributed by atoms with van der Waals surface area (Å²) in [5, 5.41) is 4.18. The van der Waals surface area contributed by atoms with Gasteiger partial charge in [-0.1, -0.05) is 26.2 Å². The predicted molar refractivity (Wildman–Crippen MR) is 132 cm³/mol. The van der Waals surface area contributed by atoms with Crippen molar-refractivity contribution in [3.63, 3.8) is 0 Å². The number of aromatic nitrogens is 3. The van der Waals surface area contributed by atoms with Gasteiger partial charge in [-0.05, 0) is 50.7 Å². The number of benzene rings is 1. The molecule has 0 radical (unpaired) electrons. The van der Waals surface area contributed by atoms with Crippen LogP contribution in [0.2, 0.25) is 0 Å². The van der Waals surface area contributed by atoms with Gasteiger partial charge in [0.2, 0.25) is 5.95 Å². The van der Waals surface area contributed by atoms with Crippen LogP contribution in [0, 0.1) is 0 Å². The quantitative estimate of drug-likeness (QED) is 0.529. The first-order chi connectivity index (χ1) is 15.5. The highest BCUT2D eigenvalue weighted by Gasteiger charge is 2.15. The Bertz CT molecular complexity index is 1090. The van der Waals surface area contributed by atoms with Gasteiger partial charge in [0.1, 0.15) is 5.65 Å². The summed E-state index contributed by atoms with van der Waals surface area (Å²) in [6.07, 6.45) is 6.21. The van der Waals surface area contributed by atoms with E-state index in [0.717, 1.165) is 50.1 Å². The number of nitrogens with zero attached hydrogens (tertiary/aromatic N) is 5. The van der Waals surface area contributed by atoms with Gasteiger partial charge in [0.05, 0.1) is 0 Å². The Morgan fingerprint density at radius 3 is 2.50 bits per heavy atom. The molecule has 0 saturated carbocycles. The average Bonchev–Trinajstić information content (AvgIpc) is 2.80. The molecule has 4 rings (SSSR count). The van der Waals surface area contributed by atoms with E-state index in [1.807, 2.05) is 10.6 Å². The van der Waals surface area contributed by atoms with Crippen molar-refractivity contribution < 1.29 is 0 Å². The standard InChI is InChI=1S/C25H34N6O/c1-4-5-6-7-19(2)31-23(32)13-8-20-18-26-25(28-24(20)31)27-21-9-11-22(12-10-21)30-16-14-29(3)15-17-30/h8-13,18-19H,4-7,14-17H2,1-3H3,(H,26,27,28). The Hall–Kier alpha value is -2.93. The summed E-state index contributed by atoms with van der Waals surface area (Å²) in [5.74, 6) is 0.505. The average molecular weight is 435 g/mol. The summed E-state index contributed by atoms with van der Waals surface area (Å²) >= 11 is 0. The van der Waals surface area contributed by atoms with Crippen molar-refractivity contribution in [1.29, 1.82) is 0 Å². The van der Waals surface area contributed by atoms with Crippen LogP contribution in [0.1, 0.15) is 45.6 Å². The summed E-state index contributed by atoms with van der Waals surface area (Å²) in [6, 6.07) is 11.9. The van der Waals surface area contributed by atoms with Gasteiger partial charge in [-0.2, -0.15) is 4.98 Å². The highest BCUT2D eigenvalue weighted by Crippen LogP contribution is 2.23. The maximum absolute atomic E-state index is 12.7. The minimum Gasteiger partial charge on any atom is -0.369 e. The van der Waals surface area contributed by atoms with Crippen LogP contribution in [-0.2, 0) is 0 Å². The second-order valence-corrected chi connectivity index (χ2v) is 8.82. The van der Waals surface area contributed by atoms with Crippen molar-refractivity contribution in [3.8, 4) is 0 Å². The second kappa shape index (κ2) is 10.1. The van der Waals surface area contributed by atoms with Crippen LogP contribution in [0.25, 0.3) is 11.0 Å². The van der Waals surface area contributed by atoms with Gasteiger partial charge in [-0.25, -0.2) is 4.98 Å². The second-order valence-electron chi connectivity index (χ2n) is 8.82. The van der Waals surface area contributed by atoms with Crippen LogP contribution in [0.5, 0.6) is 0 Å². The maximum atomic E-state index is 12.7. The molecule has 1 aromatic carbocycles. The number of piperazine rings is 1. The number of nitrogens with one attached hydrogen (secondary N) is 1. The molecule has 170 valence electrons. The number of rotatable bonds is 8. The smallest absolute Gasteiger partial charge is 0.252 e. The lowest BCUT2D eigenvalue weighted by molar-refractivity contribution is 0.313. The number of hydrogen-bond acceptors (Lipinski definition) is 6. The van der Waals surface area contributed by atoms with Crippen molar-refractivity contribution in [3.05, 3.63) is 52.9 Å². The Labute approximate surface area is 190 Å². The molecule has 0 spiro atoms. The molecule has 0 aliphatic carbocycles. The number of unbranched alkanes of at least 4 members (excludes halogenated alkanes) is 2. The lowest BCUT2D eigenvalue weighted by Crippen LogP contribution is -2.44. The van der Waals surface area contributed by atoms with E-state index in [9.17, 15) is 4.79 Å². The van der Waals surface area contributed by atoms with Crippen LogP contribution in [0.15, 0.2) is 47.4 Å². The fourth-order valence-corrected chi connectivity index (χ4v) is 4.29. The van der Waals surface area contributed by atoms with Crippen LogP contribution in [0.4, 0.5) is 17.3 Å². The van der Waals surface area contributed by atoms with Crippen LogP contribution >= 0.6 is 0 Å². The Kier molecular flexibility index (Phi) is 7.05. The number of anilines is 3. The van der Waals surface area contributed by atoms with Gasteiger partial charge >= 0.3 is 0 Å². The molecule has 1 aliphatic rings. The van der Waals surface area contributed by atoms with Crippen molar-refractivity contribution in [2.24, 2.45) is 0 Å². The van der Waals surface area contributed by atoms with Crippen molar-refractivity contribution in [2.45, 2.75) is 45.6 Å². The molecular weight excluding hydrogens is 400 g/mol. The van der Waals surface area contributed by atoms with E-state index < -0.39 is 0 Å². The monoisotopic (exact) mass is 434 g/mol. The molecule has 1 atom stereocenters. The zero-order valence-corrected chi connectivity index (χ0v) is 19.4. The summed E-state index contributed by atoms with van der Waals surface area (Å²) in [4.78, 5) is 26.6. The molecule has 3 heterocycles. The zero-order chi connectivity index (χ0) is 22.5. The molecule has 0 amide bonds. The first kappa shape index (κ1) is 22.3. The van der Waals surface area contributed by atoms with Crippen molar-refractivity contribution in [2.75, 3.05) is 43.4 Å². The minimum atomic E-state index is -0.0114.